The Morgan fingerprint density at radius 3 is 2.18 bits per heavy atom. The molecular formula is C21H40N4O8. The van der Waals surface area contributed by atoms with Crippen LogP contribution in [0.3, 0.4) is 0 Å². The number of aliphatic hydroxyl groups is 3. The highest BCUT2D eigenvalue weighted by Gasteiger charge is 2.53. The van der Waals surface area contributed by atoms with E-state index in [-0.39, 0.29) is 12.1 Å². The Balaban J connectivity index is 1.40. The van der Waals surface area contributed by atoms with Crippen LogP contribution in [-0.4, -0.2) is 108 Å². The number of likely N-dealkylation sites (N-methyl/N-ethyl adjacent to an activating group) is 1. The summed E-state index contributed by atoms with van der Waals surface area (Å²) in [6.45, 7) is 1.69. The third kappa shape index (κ3) is 5.37. The molecule has 12 nitrogen and oxygen atoms in total. The van der Waals surface area contributed by atoms with E-state index in [1.165, 1.54) is 0 Å². The van der Waals surface area contributed by atoms with Gasteiger partial charge in [0, 0.05) is 6.04 Å². The highest BCUT2D eigenvalue weighted by Crippen LogP contribution is 2.35. The smallest absolute Gasteiger partial charge is 0.189 e. The number of rotatable bonds is 5. The second-order valence-corrected chi connectivity index (χ2v) is 9.79. The number of fused-ring (bicyclic) bond motifs is 1. The summed E-state index contributed by atoms with van der Waals surface area (Å²) in [5.74, 6) is 0. The van der Waals surface area contributed by atoms with E-state index in [1.807, 2.05) is 0 Å². The standard InChI is InChI=1S/C21H40N4O8/c1-8-13(24)15(26)17(28)21(29-8)33-20-14(25-2)16(27)18-12(31-20)7-11(23)19(32-18)30-10-5-3-9(22)4-6-10/h8-21,25-28H,3-7,22-24H2,1-2H3/t8?,9?,10?,11?,12-,13+,14?,15?,16?,17?,18?,19-,20?,21+/m0/s1. The first-order valence-corrected chi connectivity index (χ1v) is 11.9. The Bertz CT molecular complexity index is 639. The van der Waals surface area contributed by atoms with Crippen molar-refractivity contribution in [3.8, 4) is 0 Å². The van der Waals surface area contributed by atoms with Crippen molar-refractivity contribution in [3.05, 3.63) is 0 Å². The van der Waals surface area contributed by atoms with Crippen molar-refractivity contribution in [2.24, 2.45) is 17.2 Å². The van der Waals surface area contributed by atoms with E-state index in [4.69, 9.17) is 40.9 Å². The van der Waals surface area contributed by atoms with Gasteiger partial charge in [-0.15, -0.1) is 0 Å². The van der Waals surface area contributed by atoms with Gasteiger partial charge in [-0.2, -0.15) is 0 Å². The van der Waals surface area contributed by atoms with Gasteiger partial charge in [0.05, 0.1) is 36.4 Å². The van der Waals surface area contributed by atoms with Gasteiger partial charge in [0.15, 0.2) is 18.9 Å². The van der Waals surface area contributed by atoms with Crippen molar-refractivity contribution < 1.29 is 39.0 Å². The molecule has 3 saturated heterocycles. The van der Waals surface area contributed by atoms with Crippen molar-refractivity contribution in [1.29, 1.82) is 0 Å². The maximum Gasteiger partial charge on any atom is 0.189 e. The van der Waals surface area contributed by atoms with Gasteiger partial charge in [-0.3, -0.25) is 0 Å². The zero-order valence-electron chi connectivity index (χ0n) is 19.2. The summed E-state index contributed by atoms with van der Waals surface area (Å²) in [4.78, 5) is 0. The zero-order valence-corrected chi connectivity index (χ0v) is 19.2. The van der Waals surface area contributed by atoms with Gasteiger partial charge >= 0.3 is 0 Å². The topological polar surface area (TPSA) is 197 Å². The van der Waals surface area contributed by atoms with E-state index in [0.29, 0.717) is 6.42 Å². The summed E-state index contributed by atoms with van der Waals surface area (Å²) in [5.41, 5.74) is 18.2. The number of aliphatic hydroxyl groups excluding tert-OH is 3. The van der Waals surface area contributed by atoms with Gasteiger partial charge < -0.3 is 61.5 Å². The van der Waals surface area contributed by atoms with Crippen molar-refractivity contribution >= 4 is 0 Å². The molecule has 1 saturated carbocycles. The fourth-order valence-corrected chi connectivity index (χ4v) is 5.18. The molecule has 3 aliphatic heterocycles. The average Bonchev–Trinajstić information content (AvgIpc) is 2.78. The molecule has 192 valence electrons. The quantitative estimate of drug-likeness (QED) is 0.215. The molecule has 3 heterocycles. The minimum Gasteiger partial charge on any atom is -0.388 e. The summed E-state index contributed by atoms with van der Waals surface area (Å²) in [5, 5.41) is 34.7. The van der Waals surface area contributed by atoms with Gasteiger partial charge in [-0.1, -0.05) is 0 Å². The lowest BCUT2D eigenvalue weighted by atomic mass is 9.90. The number of nitrogens with one attached hydrogen (secondary N) is 1. The van der Waals surface area contributed by atoms with Gasteiger partial charge in [-0.25, -0.2) is 0 Å². The Hall–Kier alpha value is -0.480. The molecule has 8 unspecified atom stereocenters. The number of nitrogens with two attached hydrogens (primary N) is 3. The molecule has 0 amide bonds. The first-order valence-electron chi connectivity index (χ1n) is 11.9. The molecule has 0 radical (unpaired) electrons. The monoisotopic (exact) mass is 476 g/mol. The summed E-state index contributed by atoms with van der Waals surface area (Å²) in [6, 6.07) is -1.67. The van der Waals surface area contributed by atoms with Crippen LogP contribution in [0.5, 0.6) is 0 Å². The predicted octanol–water partition coefficient (Wildman–Crippen LogP) is -2.80. The van der Waals surface area contributed by atoms with Crippen molar-refractivity contribution in [2.45, 2.75) is 125 Å². The van der Waals surface area contributed by atoms with Crippen LogP contribution in [0.4, 0.5) is 0 Å². The average molecular weight is 477 g/mol. The van der Waals surface area contributed by atoms with E-state index < -0.39 is 73.6 Å². The van der Waals surface area contributed by atoms with Gasteiger partial charge in [0.25, 0.3) is 0 Å². The molecule has 33 heavy (non-hydrogen) atoms. The molecule has 0 bridgehead atoms. The minimum atomic E-state index is -1.36. The van der Waals surface area contributed by atoms with Crippen LogP contribution in [0, 0.1) is 0 Å². The maximum atomic E-state index is 11.1. The normalized spacial score (nSPS) is 53.5. The molecule has 4 fully saturated rings. The van der Waals surface area contributed by atoms with Crippen LogP contribution in [0.15, 0.2) is 0 Å². The molecule has 4 rings (SSSR count). The van der Waals surface area contributed by atoms with Gasteiger partial charge in [0.2, 0.25) is 0 Å². The Morgan fingerprint density at radius 1 is 0.818 bits per heavy atom. The summed E-state index contributed by atoms with van der Waals surface area (Å²) in [6.07, 6.45) is -4.21. The first-order chi connectivity index (χ1) is 15.7. The second kappa shape index (κ2) is 10.6. The molecule has 0 aromatic carbocycles. The second-order valence-electron chi connectivity index (χ2n) is 9.79. The van der Waals surface area contributed by atoms with Crippen LogP contribution < -0.4 is 22.5 Å². The SMILES string of the molecule is CNC1C(O[C@H]2OC(C)[C@@H](N)C(O)C2O)O[C@H]2CC(N)[C@@H](OC3CCC(N)CC3)OC2C1O. The van der Waals surface area contributed by atoms with E-state index in [1.54, 1.807) is 14.0 Å². The number of hydrogen-bond donors (Lipinski definition) is 7. The van der Waals surface area contributed by atoms with Crippen LogP contribution in [0.25, 0.3) is 0 Å². The Morgan fingerprint density at radius 2 is 1.52 bits per heavy atom. The van der Waals surface area contributed by atoms with Crippen molar-refractivity contribution in [2.75, 3.05) is 7.05 Å². The molecular weight excluding hydrogens is 436 g/mol. The van der Waals surface area contributed by atoms with Crippen LogP contribution in [-0.2, 0) is 23.7 Å². The molecule has 0 aromatic rings. The first kappa shape index (κ1) is 25.6. The van der Waals surface area contributed by atoms with Crippen molar-refractivity contribution in [1.82, 2.24) is 5.32 Å². The van der Waals surface area contributed by atoms with Crippen molar-refractivity contribution in [3.63, 3.8) is 0 Å². The lowest BCUT2D eigenvalue weighted by molar-refractivity contribution is -0.369. The summed E-state index contributed by atoms with van der Waals surface area (Å²) in [7, 11) is 1.66. The highest BCUT2D eigenvalue weighted by atomic mass is 16.8. The van der Waals surface area contributed by atoms with Gasteiger partial charge in [0.1, 0.15) is 24.4 Å². The Kier molecular flexibility index (Phi) is 8.26. The fraction of sp³-hybridized carbons (Fsp3) is 1.00. The maximum absolute atomic E-state index is 11.1. The van der Waals surface area contributed by atoms with E-state index in [9.17, 15) is 15.3 Å². The predicted molar refractivity (Wildman–Crippen MR) is 115 cm³/mol. The molecule has 10 N–H and O–H groups in total. The highest BCUT2D eigenvalue weighted by molar-refractivity contribution is 4.99. The summed E-state index contributed by atoms with van der Waals surface area (Å²) >= 11 is 0. The van der Waals surface area contributed by atoms with E-state index >= 15 is 0 Å². The summed E-state index contributed by atoms with van der Waals surface area (Å²) < 4.78 is 29.9. The third-order valence-corrected chi connectivity index (χ3v) is 7.38. The fourth-order valence-electron chi connectivity index (χ4n) is 5.18. The largest absolute Gasteiger partial charge is 0.388 e. The Labute approximate surface area is 194 Å². The lowest BCUT2D eigenvalue weighted by Crippen LogP contribution is -2.69. The number of ether oxygens (including phenoxy) is 5. The molecule has 12 atom stereocenters. The molecule has 12 heteroatoms. The van der Waals surface area contributed by atoms with Crippen LogP contribution in [0.1, 0.15) is 39.0 Å². The third-order valence-electron chi connectivity index (χ3n) is 7.38. The number of hydrogen-bond acceptors (Lipinski definition) is 12. The molecule has 0 aromatic heterocycles. The van der Waals surface area contributed by atoms with E-state index in [2.05, 4.69) is 5.32 Å². The van der Waals surface area contributed by atoms with E-state index in [0.717, 1.165) is 25.7 Å². The zero-order chi connectivity index (χ0) is 23.9. The molecule has 0 spiro atoms. The minimum absolute atomic E-state index is 0.0277. The van der Waals surface area contributed by atoms with Crippen LogP contribution >= 0.6 is 0 Å². The molecule has 4 aliphatic rings. The lowest BCUT2D eigenvalue weighted by Gasteiger charge is -2.51. The molecule has 1 aliphatic carbocycles. The van der Waals surface area contributed by atoms with Gasteiger partial charge in [-0.05, 0) is 46.1 Å². The van der Waals surface area contributed by atoms with Crippen LogP contribution in [0.2, 0.25) is 0 Å².